The molecular weight excluding hydrogens is 256 g/mol. The zero-order chi connectivity index (χ0) is 14.4. The van der Waals surface area contributed by atoms with Gasteiger partial charge in [-0.2, -0.15) is 5.10 Å². The van der Waals surface area contributed by atoms with Gasteiger partial charge < -0.3 is 15.4 Å². The molecule has 7 nitrogen and oxygen atoms in total. The smallest absolute Gasteiger partial charge is 0.204 e. The summed E-state index contributed by atoms with van der Waals surface area (Å²) in [5.74, 6) is 2.04. The predicted octanol–water partition coefficient (Wildman–Crippen LogP) is 1.31. The van der Waals surface area contributed by atoms with Gasteiger partial charge in [-0.15, -0.1) is 0 Å². The normalized spacial score (nSPS) is 10.3. The summed E-state index contributed by atoms with van der Waals surface area (Å²) in [5.41, 5.74) is 1.16. The fraction of sp³-hybridized carbons (Fsp3) is 0.462. The SMILES string of the molecule is CCNc1ncnc(NCCc2ccnn2C)c1OC. The van der Waals surface area contributed by atoms with Gasteiger partial charge in [0.2, 0.25) is 5.75 Å². The molecule has 0 unspecified atom stereocenters. The monoisotopic (exact) mass is 276 g/mol. The Balaban J connectivity index is 2.02. The molecule has 2 heterocycles. The third-order valence-corrected chi connectivity index (χ3v) is 2.95. The summed E-state index contributed by atoms with van der Waals surface area (Å²) < 4.78 is 7.24. The minimum Gasteiger partial charge on any atom is -0.490 e. The predicted molar refractivity (Wildman–Crippen MR) is 78.1 cm³/mol. The highest BCUT2D eigenvalue weighted by Crippen LogP contribution is 2.28. The molecule has 2 N–H and O–H groups in total. The van der Waals surface area contributed by atoms with E-state index in [9.17, 15) is 0 Å². The van der Waals surface area contributed by atoms with Gasteiger partial charge in [-0.25, -0.2) is 9.97 Å². The minimum atomic E-state index is 0.638. The molecule has 0 saturated carbocycles. The molecular formula is C13H20N6O. The van der Waals surface area contributed by atoms with Gasteiger partial charge in [0.25, 0.3) is 0 Å². The van der Waals surface area contributed by atoms with Crippen LogP contribution in [0.5, 0.6) is 5.75 Å². The lowest BCUT2D eigenvalue weighted by Gasteiger charge is -2.13. The summed E-state index contributed by atoms with van der Waals surface area (Å²) in [6.45, 7) is 3.54. The van der Waals surface area contributed by atoms with E-state index in [1.165, 1.54) is 6.33 Å². The van der Waals surface area contributed by atoms with Crippen molar-refractivity contribution in [2.45, 2.75) is 13.3 Å². The zero-order valence-corrected chi connectivity index (χ0v) is 12.1. The maximum Gasteiger partial charge on any atom is 0.204 e. The van der Waals surface area contributed by atoms with Gasteiger partial charge >= 0.3 is 0 Å². The number of aryl methyl sites for hydroxylation is 1. The first-order valence-corrected chi connectivity index (χ1v) is 6.59. The van der Waals surface area contributed by atoms with Crippen molar-refractivity contribution in [2.24, 2.45) is 7.05 Å². The number of nitrogens with zero attached hydrogens (tertiary/aromatic N) is 4. The van der Waals surface area contributed by atoms with E-state index in [2.05, 4.69) is 25.7 Å². The fourth-order valence-electron chi connectivity index (χ4n) is 1.94. The lowest BCUT2D eigenvalue weighted by Crippen LogP contribution is -2.12. The number of rotatable bonds is 7. The van der Waals surface area contributed by atoms with E-state index >= 15 is 0 Å². The van der Waals surface area contributed by atoms with Gasteiger partial charge in [0.05, 0.1) is 7.11 Å². The maximum absolute atomic E-state index is 5.37. The van der Waals surface area contributed by atoms with E-state index in [0.717, 1.165) is 25.2 Å². The standard InChI is InChI=1S/C13H20N6O/c1-4-14-12-11(20-3)13(17-9-16-12)15-7-5-10-6-8-18-19(10)2/h6,8-9H,4-5,7H2,1-3H3,(H2,14,15,16,17). The number of aromatic nitrogens is 4. The van der Waals surface area contributed by atoms with E-state index < -0.39 is 0 Å². The quantitative estimate of drug-likeness (QED) is 0.794. The van der Waals surface area contributed by atoms with Crippen molar-refractivity contribution in [3.8, 4) is 5.75 Å². The van der Waals surface area contributed by atoms with Crippen molar-refractivity contribution < 1.29 is 4.74 Å². The second-order valence-corrected chi connectivity index (χ2v) is 4.26. The van der Waals surface area contributed by atoms with Crippen LogP contribution in [0, 0.1) is 0 Å². The molecule has 0 atom stereocenters. The van der Waals surface area contributed by atoms with Gasteiger partial charge in [0.1, 0.15) is 6.33 Å². The highest BCUT2D eigenvalue weighted by atomic mass is 16.5. The van der Waals surface area contributed by atoms with Crippen molar-refractivity contribution in [1.29, 1.82) is 0 Å². The Labute approximate surface area is 118 Å². The summed E-state index contributed by atoms with van der Waals surface area (Å²) >= 11 is 0. The average Bonchev–Trinajstić information content (AvgIpc) is 2.85. The molecule has 0 amide bonds. The number of hydrogen-bond acceptors (Lipinski definition) is 6. The fourth-order valence-corrected chi connectivity index (χ4v) is 1.94. The molecule has 2 rings (SSSR count). The van der Waals surface area contributed by atoms with E-state index in [-0.39, 0.29) is 0 Å². The van der Waals surface area contributed by atoms with Crippen molar-refractivity contribution >= 4 is 11.6 Å². The van der Waals surface area contributed by atoms with E-state index in [1.54, 1.807) is 13.3 Å². The van der Waals surface area contributed by atoms with Crippen molar-refractivity contribution in [3.05, 3.63) is 24.3 Å². The summed E-state index contributed by atoms with van der Waals surface area (Å²) in [4.78, 5) is 8.39. The maximum atomic E-state index is 5.37. The lowest BCUT2D eigenvalue weighted by atomic mass is 10.3. The molecule has 2 aromatic rings. The summed E-state index contributed by atoms with van der Waals surface area (Å²) in [5, 5.41) is 10.6. The first kappa shape index (κ1) is 14.1. The van der Waals surface area contributed by atoms with E-state index in [4.69, 9.17) is 4.74 Å². The van der Waals surface area contributed by atoms with Crippen LogP contribution in [0.2, 0.25) is 0 Å². The molecule has 0 radical (unpaired) electrons. The summed E-state index contributed by atoms with van der Waals surface area (Å²) in [6.07, 6.45) is 4.18. The van der Waals surface area contributed by atoms with Gasteiger partial charge in [-0.1, -0.05) is 0 Å². The molecule has 2 aromatic heterocycles. The molecule has 0 aliphatic carbocycles. The molecule has 0 bridgehead atoms. The van der Waals surface area contributed by atoms with Gasteiger partial charge in [-0.3, -0.25) is 4.68 Å². The Bertz CT molecular complexity index is 554. The third kappa shape index (κ3) is 3.17. The second-order valence-electron chi connectivity index (χ2n) is 4.26. The Morgan fingerprint density at radius 3 is 2.60 bits per heavy atom. The minimum absolute atomic E-state index is 0.638. The van der Waals surface area contributed by atoms with Crippen molar-refractivity contribution in [2.75, 3.05) is 30.8 Å². The van der Waals surface area contributed by atoms with Crippen LogP contribution in [0.15, 0.2) is 18.6 Å². The van der Waals surface area contributed by atoms with Crippen LogP contribution in [-0.2, 0) is 13.5 Å². The molecule has 0 saturated heterocycles. The van der Waals surface area contributed by atoms with Crippen LogP contribution in [0.4, 0.5) is 11.6 Å². The first-order chi connectivity index (χ1) is 9.76. The lowest BCUT2D eigenvalue weighted by molar-refractivity contribution is 0.414. The summed E-state index contributed by atoms with van der Waals surface area (Å²) in [7, 11) is 3.55. The number of hydrogen-bond donors (Lipinski definition) is 2. The number of nitrogens with one attached hydrogen (secondary N) is 2. The zero-order valence-electron chi connectivity index (χ0n) is 12.1. The Morgan fingerprint density at radius 2 is 2.00 bits per heavy atom. The Kier molecular flexibility index (Phi) is 4.75. The van der Waals surface area contributed by atoms with Crippen LogP contribution >= 0.6 is 0 Å². The highest BCUT2D eigenvalue weighted by Gasteiger charge is 2.11. The number of anilines is 2. The van der Waals surface area contributed by atoms with Crippen LogP contribution in [0.25, 0.3) is 0 Å². The second kappa shape index (κ2) is 6.74. The molecule has 108 valence electrons. The highest BCUT2D eigenvalue weighted by molar-refractivity contribution is 5.63. The molecule has 0 aliphatic heterocycles. The van der Waals surface area contributed by atoms with Gasteiger partial charge in [0.15, 0.2) is 11.6 Å². The molecule has 0 spiro atoms. The molecule has 7 heteroatoms. The molecule has 0 fully saturated rings. The molecule has 0 aliphatic rings. The van der Waals surface area contributed by atoms with E-state index in [0.29, 0.717) is 17.4 Å². The number of ether oxygens (including phenoxy) is 1. The van der Waals surface area contributed by atoms with Gasteiger partial charge in [-0.05, 0) is 13.0 Å². The largest absolute Gasteiger partial charge is 0.490 e. The van der Waals surface area contributed by atoms with Crippen LogP contribution < -0.4 is 15.4 Å². The van der Waals surface area contributed by atoms with Crippen molar-refractivity contribution in [3.63, 3.8) is 0 Å². The van der Waals surface area contributed by atoms with Crippen LogP contribution in [0.3, 0.4) is 0 Å². The van der Waals surface area contributed by atoms with E-state index in [1.807, 2.05) is 24.7 Å². The van der Waals surface area contributed by atoms with Gasteiger partial charge in [0, 0.05) is 38.4 Å². The Morgan fingerprint density at radius 1 is 1.25 bits per heavy atom. The molecule has 0 aromatic carbocycles. The average molecular weight is 276 g/mol. The summed E-state index contributed by atoms with van der Waals surface area (Å²) in [6, 6.07) is 2.00. The Hall–Kier alpha value is -2.31. The molecule has 20 heavy (non-hydrogen) atoms. The third-order valence-electron chi connectivity index (χ3n) is 2.95. The van der Waals surface area contributed by atoms with Crippen LogP contribution in [0.1, 0.15) is 12.6 Å². The van der Waals surface area contributed by atoms with Crippen LogP contribution in [-0.4, -0.2) is 39.9 Å². The van der Waals surface area contributed by atoms with Crippen molar-refractivity contribution in [1.82, 2.24) is 19.7 Å². The first-order valence-electron chi connectivity index (χ1n) is 6.59. The number of methoxy groups -OCH3 is 1. The topological polar surface area (TPSA) is 76.9 Å².